The van der Waals surface area contributed by atoms with Crippen molar-refractivity contribution in [3.63, 3.8) is 0 Å². The van der Waals surface area contributed by atoms with E-state index in [1.165, 1.54) is 0 Å². The molecular weight excluding hydrogens is 178 g/mol. The van der Waals surface area contributed by atoms with Crippen LogP contribution in [0.1, 0.15) is 19.5 Å². The molecule has 1 N–H and O–H groups in total. The zero-order valence-corrected chi connectivity index (χ0v) is 8.95. The summed E-state index contributed by atoms with van der Waals surface area (Å²) in [6.07, 6.45) is 0. The maximum Gasteiger partial charge on any atom is 0.233 e. The highest BCUT2D eigenvalue weighted by atomic mass is 16.5. The van der Waals surface area contributed by atoms with E-state index in [1.807, 2.05) is 12.1 Å². The third-order valence-corrected chi connectivity index (χ3v) is 1.76. The van der Waals surface area contributed by atoms with Crippen molar-refractivity contribution in [3.05, 3.63) is 17.8 Å². The molecule has 78 valence electrons. The van der Waals surface area contributed by atoms with Crippen molar-refractivity contribution in [2.75, 3.05) is 13.7 Å². The largest absolute Gasteiger partial charge is 0.480 e. The molecule has 0 unspecified atom stereocenters. The molecule has 0 fully saturated rings. The second-order valence-corrected chi connectivity index (χ2v) is 3.59. The zero-order chi connectivity index (χ0) is 10.4. The molecule has 0 aliphatic heterocycles. The molecule has 0 amide bonds. The van der Waals surface area contributed by atoms with Crippen molar-refractivity contribution >= 4 is 0 Å². The highest BCUT2D eigenvalue weighted by Crippen LogP contribution is 2.03. The van der Waals surface area contributed by atoms with Gasteiger partial charge in [-0.1, -0.05) is 13.8 Å². The van der Waals surface area contributed by atoms with Gasteiger partial charge in [0.1, 0.15) is 0 Å². The number of methoxy groups -OCH3 is 1. The Morgan fingerprint density at radius 1 is 1.36 bits per heavy atom. The van der Waals surface area contributed by atoms with Gasteiger partial charge >= 0.3 is 0 Å². The third-order valence-electron chi connectivity index (χ3n) is 1.76. The first kappa shape index (κ1) is 10.9. The Morgan fingerprint density at radius 2 is 2.14 bits per heavy atom. The molecule has 4 nitrogen and oxygen atoms in total. The van der Waals surface area contributed by atoms with Crippen LogP contribution in [0.5, 0.6) is 5.88 Å². The normalized spacial score (nSPS) is 10.6. The molecule has 4 heteroatoms. The predicted molar refractivity (Wildman–Crippen MR) is 55.1 cm³/mol. The first-order valence-electron chi connectivity index (χ1n) is 4.79. The van der Waals surface area contributed by atoms with Gasteiger partial charge in [0.2, 0.25) is 5.88 Å². The Balaban J connectivity index is 2.36. The number of ether oxygens (including phenoxy) is 1. The number of hydrogen-bond donors (Lipinski definition) is 1. The van der Waals surface area contributed by atoms with Crippen LogP contribution in [0.15, 0.2) is 12.1 Å². The quantitative estimate of drug-likeness (QED) is 0.767. The van der Waals surface area contributed by atoms with Gasteiger partial charge in [0.05, 0.1) is 12.8 Å². The van der Waals surface area contributed by atoms with Gasteiger partial charge in [-0.25, -0.2) is 0 Å². The van der Waals surface area contributed by atoms with E-state index in [2.05, 4.69) is 29.4 Å². The van der Waals surface area contributed by atoms with Crippen molar-refractivity contribution in [3.8, 4) is 5.88 Å². The lowest BCUT2D eigenvalue weighted by molar-refractivity contribution is 0.390. The summed E-state index contributed by atoms with van der Waals surface area (Å²) in [5.74, 6) is 1.21. The van der Waals surface area contributed by atoms with Gasteiger partial charge in [-0.3, -0.25) is 0 Å². The molecule has 14 heavy (non-hydrogen) atoms. The van der Waals surface area contributed by atoms with Gasteiger partial charge in [0.15, 0.2) is 0 Å². The highest BCUT2D eigenvalue weighted by Gasteiger charge is 1.98. The van der Waals surface area contributed by atoms with Crippen LogP contribution in [0.2, 0.25) is 0 Å². The van der Waals surface area contributed by atoms with Gasteiger partial charge in [0, 0.05) is 12.6 Å². The Morgan fingerprint density at radius 3 is 2.64 bits per heavy atom. The molecule has 0 bridgehead atoms. The summed E-state index contributed by atoms with van der Waals surface area (Å²) in [7, 11) is 1.58. The Labute approximate surface area is 84.7 Å². The maximum absolute atomic E-state index is 4.92. The van der Waals surface area contributed by atoms with Crippen LogP contribution in [-0.4, -0.2) is 23.9 Å². The lowest BCUT2D eigenvalue weighted by Crippen LogP contribution is -2.19. The van der Waals surface area contributed by atoms with E-state index in [9.17, 15) is 0 Å². The topological polar surface area (TPSA) is 47.0 Å². The lowest BCUT2D eigenvalue weighted by atomic mass is 10.2. The smallest absolute Gasteiger partial charge is 0.233 e. The van der Waals surface area contributed by atoms with Gasteiger partial charge in [-0.15, -0.1) is 5.10 Å². The Hall–Kier alpha value is -1.16. The summed E-state index contributed by atoms with van der Waals surface area (Å²) in [6, 6.07) is 3.73. The average molecular weight is 195 g/mol. The van der Waals surface area contributed by atoms with Crippen LogP contribution in [0.3, 0.4) is 0 Å². The predicted octanol–water partition coefficient (Wildman–Crippen LogP) is 1.23. The molecule has 1 aromatic heterocycles. The highest BCUT2D eigenvalue weighted by molar-refractivity contribution is 5.10. The van der Waals surface area contributed by atoms with E-state index in [0.29, 0.717) is 11.8 Å². The van der Waals surface area contributed by atoms with E-state index >= 15 is 0 Å². The summed E-state index contributed by atoms with van der Waals surface area (Å²) in [5.41, 5.74) is 0.937. The molecule has 0 spiro atoms. The first-order valence-corrected chi connectivity index (χ1v) is 4.79. The monoisotopic (exact) mass is 195 g/mol. The number of nitrogens with one attached hydrogen (secondary N) is 1. The average Bonchev–Trinajstić information content (AvgIpc) is 2.18. The van der Waals surface area contributed by atoms with Crippen molar-refractivity contribution < 1.29 is 4.74 Å². The van der Waals surface area contributed by atoms with Crippen molar-refractivity contribution in [1.82, 2.24) is 15.5 Å². The Kier molecular flexibility index (Phi) is 4.32. The van der Waals surface area contributed by atoms with Gasteiger partial charge in [0.25, 0.3) is 0 Å². The minimum absolute atomic E-state index is 0.553. The summed E-state index contributed by atoms with van der Waals surface area (Å²) < 4.78 is 4.92. The summed E-state index contributed by atoms with van der Waals surface area (Å²) in [5, 5.41) is 11.2. The fourth-order valence-electron chi connectivity index (χ4n) is 1.04. The molecule has 0 aromatic carbocycles. The molecule has 0 saturated heterocycles. The first-order chi connectivity index (χ1) is 6.72. The van der Waals surface area contributed by atoms with Gasteiger partial charge in [-0.2, -0.15) is 5.10 Å². The Bertz CT molecular complexity index is 259. The molecule has 0 atom stereocenters. The van der Waals surface area contributed by atoms with Crippen molar-refractivity contribution in [2.45, 2.75) is 20.4 Å². The van der Waals surface area contributed by atoms with E-state index in [4.69, 9.17) is 4.74 Å². The minimum Gasteiger partial charge on any atom is -0.480 e. The summed E-state index contributed by atoms with van der Waals surface area (Å²) in [6.45, 7) is 6.10. The molecule has 1 rings (SSSR count). The van der Waals surface area contributed by atoms with Crippen LogP contribution < -0.4 is 10.1 Å². The standard InChI is InChI=1S/C10H17N3O/c1-8(2)6-11-7-9-4-5-10(14-3)13-12-9/h4-5,8,11H,6-7H2,1-3H3. The van der Waals surface area contributed by atoms with Crippen LogP contribution >= 0.6 is 0 Å². The van der Waals surface area contributed by atoms with Gasteiger partial charge < -0.3 is 10.1 Å². The molecule has 1 aromatic rings. The molecule has 0 aliphatic rings. The van der Waals surface area contributed by atoms with E-state index in [-0.39, 0.29) is 0 Å². The van der Waals surface area contributed by atoms with Gasteiger partial charge in [-0.05, 0) is 18.5 Å². The van der Waals surface area contributed by atoms with E-state index in [1.54, 1.807) is 7.11 Å². The van der Waals surface area contributed by atoms with Crippen LogP contribution in [0.25, 0.3) is 0 Å². The van der Waals surface area contributed by atoms with Crippen LogP contribution in [-0.2, 0) is 6.54 Å². The fourth-order valence-corrected chi connectivity index (χ4v) is 1.04. The number of hydrogen-bond acceptors (Lipinski definition) is 4. The van der Waals surface area contributed by atoms with E-state index in [0.717, 1.165) is 18.8 Å². The molecule has 0 saturated carbocycles. The van der Waals surface area contributed by atoms with Crippen molar-refractivity contribution in [1.29, 1.82) is 0 Å². The lowest BCUT2D eigenvalue weighted by Gasteiger charge is -2.06. The molecule has 0 radical (unpaired) electrons. The molecule has 0 aliphatic carbocycles. The zero-order valence-electron chi connectivity index (χ0n) is 8.95. The maximum atomic E-state index is 4.92. The summed E-state index contributed by atoms with van der Waals surface area (Å²) in [4.78, 5) is 0. The van der Waals surface area contributed by atoms with Crippen LogP contribution in [0, 0.1) is 5.92 Å². The summed E-state index contributed by atoms with van der Waals surface area (Å²) >= 11 is 0. The SMILES string of the molecule is COc1ccc(CNCC(C)C)nn1. The molecular formula is C10H17N3O. The number of aromatic nitrogens is 2. The number of nitrogens with zero attached hydrogens (tertiary/aromatic N) is 2. The second kappa shape index (κ2) is 5.54. The van der Waals surface area contributed by atoms with Crippen LogP contribution in [0.4, 0.5) is 0 Å². The number of rotatable bonds is 5. The minimum atomic E-state index is 0.553. The fraction of sp³-hybridized carbons (Fsp3) is 0.600. The van der Waals surface area contributed by atoms with E-state index < -0.39 is 0 Å². The third kappa shape index (κ3) is 3.70. The van der Waals surface area contributed by atoms with Crippen molar-refractivity contribution in [2.24, 2.45) is 5.92 Å². The second-order valence-electron chi connectivity index (χ2n) is 3.59. The molecule has 1 heterocycles.